The summed E-state index contributed by atoms with van der Waals surface area (Å²) in [6.45, 7) is 2.03. The Morgan fingerprint density at radius 2 is 2.20 bits per heavy atom. The molecule has 0 saturated carbocycles. The van der Waals surface area contributed by atoms with Crippen molar-refractivity contribution in [3.8, 4) is 0 Å². The zero-order chi connectivity index (χ0) is 14.6. The molecule has 0 N–H and O–H groups in total. The van der Waals surface area contributed by atoms with Gasteiger partial charge in [-0.2, -0.15) is 0 Å². The third kappa shape index (κ3) is 2.29. The van der Waals surface area contributed by atoms with Gasteiger partial charge in [0, 0.05) is 6.42 Å². The van der Waals surface area contributed by atoms with Crippen LogP contribution in [0.1, 0.15) is 25.3 Å². The fourth-order valence-electron chi connectivity index (χ4n) is 2.72. The first-order valence-corrected chi connectivity index (χ1v) is 6.72. The van der Waals surface area contributed by atoms with Gasteiger partial charge in [0.1, 0.15) is 6.29 Å². The fourth-order valence-corrected chi connectivity index (χ4v) is 2.72. The Hall–Kier alpha value is -1.88. The molecule has 0 bridgehead atoms. The van der Waals surface area contributed by atoms with Gasteiger partial charge >= 0.3 is 5.97 Å². The predicted molar refractivity (Wildman–Crippen MR) is 74.3 cm³/mol. The number of aldehydes is 1. The van der Waals surface area contributed by atoms with Gasteiger partial charge < -0.3 is 9.53 Å². The number of fused-ring (bicyclic) bond motifs is 1. The molecule has 5 heteroatoms. The number of benzene rings is 1. The summed E-state index contributed by atoms with van der Waals surface area (Å²) in [5, 5.41) is 1.53. The topological polar surface area (TPSA) is 55.8 Å². The van der Waals surface area contributed by atoms with Crippen LogP contribution in [0.15, 0.2) is 24.3 Å². The van der Waals surface area contributed by atoms with Crippen molar-refractivity contribution in [3.05, 3.63) is 29.8 Å². The van der Waals surface area contributed by atoms with Gasteiger partial charge in [0.2, 0.25) is 0 Å². The second kappa shape index (κ2) is 6.05. The number of aryl methyl sites for hydroxylation is 1. The summed E-state index contributed by atoms with van der Waals surface area (Å²) in [5.41, 5.74) is 0.845. The van der Waals surface area contributed by atoms with Crippen molar-refractivity contribution in [2.24, 2.45) is 0 Å². The van der Waals surface area contributed by atoms with Crippen LogP contribution in [0.25, 0.3) is 0 Å². The normalized spacial score (nSPS) is 21.2. The zero-order valence-corrected chi connectivity index (χ0v) is 11.8. The lowest BCUT2D eigenvalue weighted by Gasteiger charge is -2.44. The Kier molecular flexibility index (Phi) is 4.39. The number of hydrogen-bond acceptors (Lipinski definition) is 5. The lowest BCUT2D eigenvalue weighted by Crippen LogP contribution is -2.58. The Bertz CT molecular complexity index is 502. The molecule has 1 heterocycles. The molecule has 20 heavy (non-hydrogen) atoms. The number of nitrogens with zero attached hydrogens (tertiary/aromatic N) is 1. The molecule has 0 aliphatic carbocycles. The van der Waals surface area contributed by atoms with E-state index in [9.17, 15) is 9.59 Å². The molecule has 0 aromatic heterocycles. The summed E-state index contributed by atoms with van der Waals surface area (Å²) < 4.78 is 5.16. The first-order chi connectivity index (χ1) is 9.69. The molecule has 1 atom stereocenters. The molecule has 108 valence electrons. The van der Waals surface area contributed by atoms with Crippen molar-refractivity contribution in [1.29, 1.82) is 0 Å². The van der Waals surface area contributed by atoms with E-state index in [1.807, 2.05) is 24.3 Å². The lowest BCUT2D eigenvalue weighted by atomic mass is 9.83. The molecule has 0 spiro atoms. The van der Waals surface area contributed by atoms with Gasteiger partial charge in [0.05, 0.1) is 19.4 Å². The van der Waals surface area contributed by atoms with Crippen LogP contribution in [0, 0.1) is 0 Å². The van der Waals surface area contributed by atoms with E-state index >= 15 is 0 Å². The van der Waals surface area contributed by atoms with E-state index < -0.39 is 11.5 Å². The quantitative estimate of drug-likeness (QED) is 0.607. The van der Waals surface area contributed by atoms with Crippen LogP contribution in [-0.2, 0) is 25.6 Å². The number of hydroxylamine groups is 1. The number of para-hydroxylation sites is 1. The Morgan fingerprint density at radius 1 is 1.45 bits per heavy atom. The van der Waals surface area contributed by atoms with Crippen molar-refractivity contribution in [2.45, 2.75) is 31.7 Å². The molecule has 1 aromatic rings. The first kappa shape index (κ1) is 14.5. The molecule has 1 aliphatic heterocycles. The number of carbonyl (C=O) groups is 2. The molecule has 1 aliphatic rings. The maximum atomic E-state index is 12.4. The fraction of sp³-hybridized carbons (Fsp3) is 0.467. The van der Waals surface area contributed by atoms with Crippen LogP contribution in [0.2, 0.25) is 0 Å². The highest BCUT2D eigenvalue weighted by atomic mass is 16.7. The second-order valence-electron chi connectivity index (χ2n) is 4.73. The number of ether oxygens (including phenoxy) is 1. The molecular weight excluding hydrogens is 258 g/mol. The third-order valence-electron chi connectivity index (χ3n) is 3.67. The van der Waals surface area contributed by atoms with E-state index in [2.05, 4.69) is 0 Å². The number of rotatable bonds is 5. The molecule has 0 radical (unpaired) electrons. The summed E-state index contributed by atoms with van der Waals surface area (Å²) >= 11 is 0. The van der Waals surface area contributed by atoms with Crippen molar-refractivity contribution < 1.29 is 19.2 Å². The molecule has 1 unspecified atom stereocenters. The van der Waals surface area contributed by atoms with E-state index in [0.29, 0.717) is 12.8 Å². The standard InChI is InChI=1S/C15H19NO4/c1-3-20-14(18)15(10-11-17)9-8-12-6-4-5-7-13(12)16(15)19-2/h4-7,11H,3,8-10H2,1-2H3. The average Bonchev–Trinajstić information content (AvgIpc) is 2.47. The lowest BCUT2D eigenvalue weighted by molar-refractivity contribution is -0.155. The van der Waals surface area contributed by atoms with E-state index in [4.69, 9.17) is 9.57 Å². The predicted octanol–water partition coefficient (Wildman–Crippen LogP) is 1.89. The van der Waals surface area contributed by atoms with Crippen molar-refractivity contribution in [3.63, 3.8) is 0 Å². The third-order valence-corrected chi connectivity index (χ3v) is 3.67. The van der Waals surface area contributed by atoms with Crippen LogP contribution in [0.5, 0.6) is 0 Å². The number of carbonyl (C=O) groups excluding carboxylic acids is 2. The monoisotopic (exact) mass is 277 g/mol. The largest absolute Gasteiger partial charge is 0.464 e. The summed E-state index contributed by atoms with van der Waals surface area (Å²) in [5.74, 6) is -0.413. The van der Waals surface area contributed by atoms with Crippen LogP contribution in [-0.4, -0.2) is 31.5 Å². The van der Waals surface area contributed by atoms with E-state index in [0.717, 1.165) is 17.5 Å². The first-order valence-electron chi connectivity index (χ1n) is 6.72. The van der Waals surface area contributed by atoms with Gasteiger partial charge in [-0.25, -0.2) is 9.86 Å². The summed E-state index contributed by atoms with van der Waals surface area (Å²) in [6, 6.07) is 7.71. The highest BCUT2D eigenvalue weighted by Crippen LogP contribution is 2.39. The minimum absolute atomic E-state index is 0.0496. The minimum atomic E-state index is -1.07. The molecule has 0 saturated heterocycles. The SMILES string of the molecule is CCOC(=O)C1(CC=O)CCc2ccccc2N1OC. The highest BCUT2D eigenvalue weighted by Gasteiger charge is 2.49. The summed E-state index contributed by atoms with van der Waals surface area (Å²) in [4.78, 5) is 28.9. The van der Waals surface area contributed by atoms with Crippen molar-refractivity contribution in [1.82, 2.24) is 0 Å². The number of esters is 1. The van der Waals surface area contributed by atoms with Gasteiger partial charge in [-0.1, -0.05) is 18.2 Å². The van der Waals surface area contributed by atoms with E-state index in [-0.39, 0.29) is 13.0 Å². The minimum Gasteiger partial charge on any atom is -0.464 e. The smallest absolute Gasteiger partial charge is 0.335 e. The zero-order valence-electron chi connectivity index (χ0n) is 11.8. The molecule has 0 fully saturated rings. The van der Waals surface area contributed by atoms with Gasteiger partial charge in [-0.15, -0.1) is 0 Å². The molecule has 1 aromatic carbocycles. The molecular formula is C15H19NO4. The van der Waals surface area contributed by atoms with Crippen LogP contribution < -0.4 is 5.06 Å². The Labute approximate surface area is 118 Å². The maximum absolute atomic E-state index is 12.4. The van der Waals surface area contributed by atoms with Crippen molar-refractivity contribution >= 4 is 17.9 Å². The van der Waals surface area contributed by atoms with E-state index in [1.54, 1.807) is 6.92 Å². The molecule has 5 nitrogen and oxygen atoms in total. The van der Waals surface area contributed by atoms with Crippen LogP contribution >= 0.6 is 0 Å². The molecule has 2 rings (SSSR count). The summed E-state index contributed by atoms with van der Waals surface area (Å²) in [7, 11) is 1.50. The Balaban J connectivity index is 2.47. The van der Waals surface area contributed by atoms with E-state index in [1.165, 1.54) is 12.2 Å². The summed E-state index contributed by atoms with van der Waals surface area (Å²) in [6.07, 6.45) is 2.00. The Morgan fingerprint density at radius 3 is 2.85 bits per heavy atom. The van der Waals surface area contributed by atoms with Gasteiger partial charge in [0.25, 0.3) is 0 Å². The number of anilines is 1. The van der Waals surface area contributed by atoms with Gasteiger partial charge in [0.15, 0.2) is 5.54 Å². The van der Waals surface area contributed by atoms with Crippen LogP contribution in [0.3, 0.4) is 0 Å². The number of hydrogen-bond donors (Lipinski definition) is 0. The average molecular weight is 277 g/mol. The van der Waals surface area contributed by atoms with Crippen molar-refractivity contribution in [2.75, 3.05) is 18.8 Å². The van der Waals surface area contributed by atoms with Crippen LogP contribution in [0.4, 0.5) is 5.69 Å². The van der Waals surface area contributed by atoms with Gasteiger partial charge in [-0.05, 0) is 31.4 Å². The maximum Gasteiger partial charge on any atom is 0.335 e. The van der Waals surface area contributed by atoms with Gasteiger partial charge in [-0.3, -0.25) is 4.84 Å². The molecule has 0 amide bonds. The highest BCUT2D eigenvalue weighted by molar-refractivity contribution is 5.88. The second-order valence-corrected chi connectivity index (χ2v) is 4.73.